The maximum atomic E-state index is 14.1. The van der Waals surface area contributed by atoms with Gasteiger partial charge in [0.15, 0.2) is 0 Å². The second-order valence-electron chi connectivity index (χ2n) is 9.49. The van der Waals surface area contributed by atoms with E-state index < -0.39 is 5.41 Å². The van der Waals surface area contributed by atoms with Crippen LogP contribution in [0.5, 0.6) is 0 Å². The van der Waals surface area contributed by atoms with E-state index >= 15 is 0 Å². The van der Waals surface area contributed by atoms with Crippen LogP contribution < -0.4 is 4.90 Å². The van der Waals surface area contributed by atoms with Gasteiger partial charge in [-0.2, -0.15) is 0 Å². The van der Waals surface area contributed by atoms with Crippen LogP contribution in [0.3, 0.4) is 0 Å². The van der Waals surface area contributed by atoms with E-state index in [1.54, 1.807) is 12.1 Å². The Balaban J connectivity index is 1.55. The zero-order chi connectivity index (χ0) is 20.8. The van der Waals surface area contributed by atoms with Gasteiger partial charge in [-0.05, 0) is 67.4 Å². The van der Waals surface area contributed by atoms with Crippen molar-refractivity contribution in [1.82, 2.24) is 4.90 Å². The minimum absolute atomic E-state index is 0.111. The third-order valence-electron chi connectivity index (χ3n) is 6.30. The SMILES string of the molecule is CC(C)(C)C(=O)N1CC2(CCN(Cc3ccc(Br)cc3)CC2)c2cc(F)ccc21. The van der Waals surface area contributed by atoms with Crippen LogP contribution in [0, 0.1) is 11.2 Å². The number of carbonyl (C=O) groups is 1. The van der Waals surface area contributed by atoms with Crippen molar-refractivity contribution in [3.63, 3.8) is 0 Å². The number of halogens is 2. The van der Waals surface area contributed by atoms with Gasteiger partial charge in [-0.25, -0.2) is 4.39 Å². The molecular formula is C24H28BrFN2O. The minimum atomic E-state index is -0.459. The molecule has 0 bridgehead atoms. The highest BCUT2D eigenvalue weighted by atomic mass is 79.9. The Bertz CT molecular complexity index is 911. The van der Waals surface area contributed by atoms with Gasteiger partial charge in [-0.3, -0.25) is 9.69 Å². The van der Waals surface area contributed by atoms with Crippen molar-refractivity contribution in [2.45, 2.75) is 45.6 Å². The van der Waals surface area contributed by atoms with Crippen molar-refractivity contribution >= 4 is 27.5 Å². The minimum Gasteiger partial charge on any atom is -0.311 e. The van der Waals surface area contributed by atoms with E-state index in [2.05, 4.69) is 45.1 Å². The van der Waals surface area contributed by atoms with Crippen LogP contribution in [0.1, 0.15) is 44.7 Å². The maximum Gasteiger partial charge on any atom is 0.232 e. The molecule has 5 heteroatoms. The summed E-state index contributed by atoms with van der Waals surface area (Å²) in [5.41, 5.74) is 2.60. The van der Waals surface area contributed by atoms with Crippen LogP contribution in [0.25, 0.3) is 0 Å². The first kappa shape index (κ1) is 20.5. The van der Waals surface area contributed by atoms with E-state index in [0.29, 0.717) is 6.54 Å². The van der Waals surface area contributed by atoms with Crippen molar-refractivity contribution in [2.75, 3.05) is 24.5 Å². The fourth-order valence-electron chi connectivity index (χ4n) is 4.64. The van der Waals surface area contributed by atoms with Crippen LogP contribution in [0.15, 0.2) is 46.9 Å². The number of nitrogens with zero attached hydrogens (tertiary/aromatic N) is 2. The van der Waals surface area contributed by atoms with E-state index in [-0.39, 0.29) is 17.1 Å². The van der Waals surface area contributed by atoms with Crippen molar-refractivity contribution in [3.05, 3.63) is 63.9 Å². The summed E-state index contributed by atoms with van der Waals surface area (Å²) in [5.74, 6) is -0.106. The Labute approximate surface area is 181 Å². The Kier molecular flexibility index (Phi) is 5.32. The number of amides is 1. The lowest BCUT2D eigenvalue weighted by atomic mass is 9.74. The monoisotopic (exact) mass is 458 g/mol. The molecule has 0 aliphatic carbocycles. The zero-order valence-electron chi connectivity index (χ0n) is 17.3. The van der Waals surface area contributed by atoms with E-state index in [0.717, 1.165) is 48.2 Å². The molecule has 2 aromatic rings. The fraction of sp³-hybridized carbons (Fsp3) is 0.458. The Morgan fingerprint density at radius 3 is 2.38 bits per heavy atom. The average molecular weight is 459 g/mol. The third kappa shape index (κ3) is 3.99. The standard InChI is InChI=1S/C24H28BrFN2O/c1-23(2,3)22(29)28-16-24(20-14-19(26)8-9-21(20)28)10-12-27(13-11-24)15-17-4-6-18(25)7-5-17/h4-9,14H,10-13,15-16H2,1-3H3. The van der Waals surface area contributed by atoms with Crippen LogP contribution in [-0.4, -0.2) is 30.4 Å². The van der Waals surface area contributed by atoms with Gasteiger partial charge >= 0.3 is 0 Å². The summed E-state index contributed by atoms with van der Waals surface area (Å²) in [7, 11) is 0. The summed E-state index contributed by atoms with van der Waals surface area (Å²) < 4.78 is 15.2. The predicted molar refractivity (Wildman–Crippen MR) is 119 cm³/mol. The topological polar surface area (TPSA) is 23.6 Å². The first-order chi connectivity index (χ1) is 13.7. The highest BCUT2D eigenvalue weighted by Gasteiger charge is 2.47. The average Bonchev–Trinajstić information content (AvgIpc) is 2.97. The van der Waals surface area contributed by atoms with Crippen LogP contribution in [-0.2, 0) is 16.8 Å². The van der Waals surface area contributed by atoms with Crippen LogP contribution in [0.2, 0.25) is 0 Å². The van der Waals surface area contributed by atoms with Crippen LogP contribution in [0.4, 0.5) is 10.1 Å². The van der Waals surface area contributed by atoms with Gasteiger partial charge in [0.25, 0.3) is 0 Å². The van der Waals surface area contributed by atoms with Gasteiger partial charge in [-0.1, -0.05) is 48.8 Å². The number of piperidine rings is 1. The number of hydrogen-bond donors (Lipinski definition) is 0. The number of carbonyl (C=O) groups excluding carboxylic acids is 1. The van der Waals surface area contributed by atoms with Gasteiger partial charge in [0, 0.05) is 34.1 Å². The summed E-state index contributed by atoms with van der Waals surface area (Å²) in [5, 5.41) is 0. The zero-order valence-corrected chi connectivity index (χ0v) is 18.9. The summed E-state index contributed by atoms with van der Waals surface area (Å²) in [6, 6.07) is 13.4. The number of rotatable bonds is 2. The van der Waals surface area contributed by atoms with Gasteiger partial charge in [0.05, 0.1) is 0 Å². The largest absolute Gasteiger partial charge is 0.311 e. The number of hydrogen-bond acceptors (Lipinski definition) is 2. The van der Waals surface area contributed by atoms with Gasteiger partial charge in [-0.15, -0.1) is 0 Å². The second kappa shape index (κ2) is 7.51. The summed E-state index contributed by atoms with van der Waals surface area (Å²) in [6.07, 6.45) is 1.88. The molecule has 2 aliphatic heterocycles. The predicted octanol–water partition coefficient (Wildman–Crippen LogP) is 5.51. The summed E-state index contributed by atoms with van der Waals surface area (Å²) >= 11 is 3.49. The number of likely N-dealkylation sites (tertiary alicyclic amines) is 1. The van der Waals surface area contributed by atoms with E-state index in [9.17, 15) is 9.18 Å². The quantitative estimate of drug-likeness (QED) is 0.591. The Hall–Kier alpha value is -1.72. The van der Waals surface area contributed by atoms with E-state index in [4.69, 9.17) is 0 Å². The first-order valence-corrected chi connectivity index (χ1v) is 11.1. The third-order valence-corrected chi connectivity index (χ3v) is 6.83. The number of benzene rings is 2. The molecule has 29 heavy (non-hydrogen) atoms. The molecular weight excluding hydrogens is 431 g/mol. The molecule has 2 heterocycles. The Morgan fingerprint density at radius 2 is 1.76 bits per heavy atom. The molecule has 1 amide bonds. The lowest BCUT2D eigenvalue weighted by Gasteiger charge is -2.40. The molecule has 0 atom stereocenters. The molecule has 4 rings (SSSR count). The molecule has 0 unspecified atom stereocenters. The van der Waals surface area contributed by atoms with Gasteiger partial charge in [0.1, 0.15) is 5.82 Å². The summed E-state index contributed by atoms with van der Waals surface area (Å²) in [6.45, 7) is 9.32. The Morgan fingerprint density at radius 1 is 1.10 bits per heavy atom. The molecule has 1 spiro atoms. The van der Waals surface area contributed by atoms with Crippen molar-refractivity contribution in [3.8, 4) is 0 Å². The fourth-order valence-corrected chi connectivity index (χ4v) is 4.91. The summed E-state index contributed by atoms with van der Waals surface area (Å²) in [4.78, 5) is 17.5. The normalized spacial score (nSPS) is 18.9. The molecule has 154 valence electrons. The molecule has 1 saturated heterocycles. The smallest absolute Gasteiger partial charge is 0.232 e. The van der Waals surface area contributed by atoms with Crippen molar-refractivity contribution in [1.29, 1.82) is 0 Å². The first-order valence-electron chi connectivity index (χ1n) is 10.3. The lowest BCUT2D eigenvalue weighted by molar-refractivity contribution is -0.125. The van der Waals surface area contributed by atoms with Crippen molar-refractivity contribution < 1.29 is 9.18 Å². The molecule has 0 saturated carbocycles. The van der Waals surface area contributed by atoms with Crippen LogP contribution >= 0.6 is 15.9 Å². The lowest BCUT2D eigenvalue weighted by Crippen LogP contribution is -2.47. The molecule has 3 nitrogen and oxygen atoms in total. The molecule has 0 N–H and O–H groups in total. The molecule has 2 aromatic carbocycles. The number of anilines is 1. The molecule has 0 aromatic heterocycles. The van der Waals surface area contributed by atoms with Gasteiger partial charge < -0.3 is 4.90 Å². The number of fused-ring (bicyclic) bond motifs is 2. The molecule has 1 fully saturated rings. The highest BCUT2D eigenvalue weighted by Crippen LogP contribution is 2.48. The van der Waals surface area contributed by atoms with E-state index in [1.165, 1.54) is 11.6 Å². The van der Waals surface area contributed by atoms with E-state index in [1.807, 2.05) is 25.7 Å². The highest BCUT2D eigenvalue weighted by molar-refractivity contribution is 9.10. The maximum absolute atomic E-state index is 14.1. The van der Waals surface area contributed by atoms with Gasteiger partial charge in [0.2, 0.25) is 5.91 Å². The molecule has 0 radical (unpaired) electrons. The molecule has 2 aliphatic rings. The second-order valence-corrected chi connectivity index (χ2v) is 10.4. The van der Waals surface area contributed by atoms with Crippen molar-refractivity contribution in [2.24, 2.45) is 5.41 Å².